The molecular weight excluding hydrogens is 802 g/mol. The van der Waals surface area contributed by atoms with Crippen LogP contribution < -0.4 is 20.9 Å². The molecule has 2 aliphatic heterocycles. The molecule has 10 atom stereocenters. The predicted molar refractivity (Wildman–Crippen MR) is 178 cm³/mol. The normalized spacial score (nSPS) is 28.4. The summed E-state index contributed by atoms with van der Waals surface area (Å²) in [6.07, 6.45) is -8.44. The van der Waals surface area contributed by atoms with Crippen molar-refractivity contribution in [2.75, 3.05) is 38.6 Å². The van der Waals surface area contributed by atoms with Crippen LogP contribution in [0.15, 0.2) is 35.6 Å². The Bertz CT molecular complexity index is 1780. The molecule has 52 heavy (non-hydrogen) atoms. The number of rotatable bonds is 14. The van der Waals surface area contributed by atoms with Gasteiger partial charge in [-0.25, -0.2) is 23.8 Å². The third kappa shape index (κ3) is 9.94. The lowest BCUT2D eigenvalue weighted by atomic mass is 10.1. The fraction of sp³-hybridized carbons (Fsp3) is 0.593. The van der Waals surface area contributed by atoms with E-state index in [1.807, 2.05) is 0 Å². The average Bonchev–Trinajstić information content (AvgIpc) is 3.69. The van der Waals surface area contributed by atoms with Gasteiger partial charge in [-0.1, -0.05) is 20.8 Å². The van der Waals surface area contributed by atoms with Gasteiger partial charge in [0.15, 0.2) is 46.4 Å². The molecule has 2 fully saturated rings. The van der Waals surface area contributed by atoms with Gasteiger partial charge in [-0.2, -0.15) is 4.57 Å². The minimum Gasteiger partial charge on any atom is -0.756 e. The minimum atomic E-state index is -5.63. The maximum Gasteiger partial charge on any atom is 0.478 e. The highest BCUT2D eigenvalue weighted by atomic mass is 79.9. The van der Waals surface area contributed by atoms with Crippen molar-refractivity contribution in [3.63, 3.8) is 0 Å². The van der Waals surface area contributed by atoms with Crippen molar-refractivity contribution in [2.24, 2.45) is 5.73 Å². The molecule has 3 aromatic heterocycles. The smallest absolute Gasteiger partial charge is 0.478 e. The van der Waals surface area contributed by atoms with Crippen LogP contribution in [0.4, 0.5) is 5.82 Å². The van der Waals surface area contributed by atoms with Crippen molar-refractivity contribution >= 4 is 54.5 Å². The largest absolute Gasteiger partial charge is 0.756 e. The van der Waals surface area contributed by atoms with E-state index in [4.69, 9.17) is 20.9 Å². The Morgan fingerprint density at radius 3 is 2.27 bits per heavy atom. The number of imidazole rings is 1. The lowest BCUT2D eigenvalue weighted by Gasteiger charge is -2.26. The maximum absolute atomic E-state index is 12.4. The Balaban J connectivity index is 0.000000785. The number of aromatic nitrogens is 5. The number of primary amides is 1. The number of halogens is 1. The van der Waals surface area contributed by atoms with Crippen molar-refractivity contribution in [1.82, 2.24) is 24.4 Å². The van der Waals surface area contributed by atoms with Gasteiger partial charge in [0.1, 0.15) is 42.4 Å². The molecule has 22 nitrogen and oxygen atoms in total. The van der Waals surface area contributed by atoms with Crippen molar-refractivity contribution in [3.8, 4) is 0 Å². The Labute approximate surface area is 305 Å². The minimum absolute atomic E-state index is 0.0221. The van der Waals surface area contributed by atoms with E-state index in [1.165, 1.54) is 53.3 Å². The van der Waals surface area contributed by atoms with Crippen LogP contribution in [0.3, 0.4) is 0 Å². The molecule has 2 unspecified atom stereocenters. The first-order valence-electron chi connectivity index (χ1n) is 15.8. The van der Waals surface area contributed by atoms with E-state index in [0.29, 0.717) is 0 Å². The number of phosphoric acid groups is 2. The first-order valence-corrected chi connectivity index (χ1v) is 19.5. The van der Waals surface area contributed by atoms with E-state index in [2.05, 4.69) is 69.9 Å². The molecule has 0 aromatic carbocycles. The zero-order chi connectivity index (χ0) is 38.5. The van der Waals surface area contributed by atoms with E-state index in [-0.39, 0.29) is 27.3 Å². The first-order chi connectivity index (χ1) is 24.4. The van der Waals surface area contributed by atoms with Crippen molar-refractivity contribution in [2.45, 2.75) is 69.9 Å². The number of aliphatic hydroxyl groups is 4. The van der Waals surface area contributed by atoms with Crippen LogP contribution >= 0.6 is 31.6 Å². The Kier molecular flexibility index (Phi) is 14.4. The van der Waals surface area contributed by atoms with Gasteiger partial charge in [0.2, 0.25) is 0 Å². The summed E-state index contributed by atoms with van der Waals surface area (Å²) in [7, 11) is -11.1. The number of anilines is 1. The number of aliphatic hydroxyl groups excluding tert-OH is 4. The Morgan fingerprint density at radius 1 is 1.04 bits per heavy atom. The average molecular weight is 844 g/mol. The van der Waals surface area contributed by atoms with Crippen LogP contribution in [0.1, 0.15) is 43.6 Å². The highest BCUT2D eigenvalue weighted by Gasteiger charge is 2.49. The summed E-state index contributed by atoms with van der Waals surface area (Å²) < 4.78 is 51.8. The number of hydrogen-bond donors (Lipinski definition) is 7. The number of phosphoric ester groups is 2. The van der Waals surface area contributed by atoms with Crippen LogP contribution in [-0.4, -0.2) is 125 Å². The topological polar surface area (TPSA) is 324 Å². The summed E-state index contributed by atoms with van der Waals surface area (Å²) in [6, 6.07) is 2.81. The van der Waals surface area contributed by atoms with Crippen LogP contribution in [0.2, 0.25) is 0 Å². The molecule has 2 aliphatic rings. The zero-order valence-corrected chi connectivity index (χ0v) is 31.4. The Hall–Kier alpha value is -2.57. The van der Waals surface area contributed by atoms with Gasteiger partial charge in [0.05, 0.1) is 13.2 Å². The van der Waals surface area contributed by atoms with Gasteiger partial charge >= 0.3 is 7.82 Å². The van der Waals surface area contributed by atoms with Crippen LogP contribution in [0, 0.1) is 0 Å². The molecule has 25 heteroatoms. The molecule has 3 aromatic rings. The van der Waals surface area contributed by atoms with Gasteiger partial charge in [-0.15, -0.1) is 0 Å². The van der Waals surface area contributed by atoms with Crippen molar-refractivity contribution < 1.29 is 71.5 Å². The second-order valence-corrected chi connectivity index (χ2v) is 15.1. The number of fused-ring (bicyclic) bond motifs is 1. The van der Waals surface area contributed by atoms with Crippen LogP contribution in [-0.2, 0) is 32.0 Å². The molecular formula is C27H41BrN8O14P2. The number of nitrogens with two attached hydrogens (primary N) is 2. The predicted octanol–water partition coefficient (Wildman–Crippen LogP) is -1.54. The number of pyridine rings is 1. The fourth-order valence-corrected chi connectivity index (χ4v) is 7.89. The number of ether oxygens (including phenoxy) is 2. The maximum atomic E-state index is 12.4. The monoisotopic (exact) mass is 842 g/mol. The molecule has 9 N–H and O–H groups in total. The van der Waals surface area contributed by atoms with E-state index >= 15 is 0 Å². The highest BCUT2D eigenvalue weighted by molar-refractivity contribution is 9.10. The molecule has 5 rings (SSSR count). The molecule has 0 radical (unpaired) electrons. The molecule has 2 saturated heterocycles. The van der Waals surface area contributed by atoms with Crippen molar-refractivity contribution in [3.05, 3.63) is 41.2 Å². The second kappa shape index (κ2) is 17.7. The first kappa shape index (κ1) is 42.2. The van der Waals surface area contributed by atoms with E-state index in [1.54, 1.807) is 0 Å². The van der Waals surface area contributed by atoms with E-state index in [0.717, 1.165) is 6.33 Å². The summed E-state index contributed by atoms with van der Waals surface area (Å²) in [5, 5.41) is 41.8. The van der Waals surface area contributed by atoms with Gasteiger partial charge in [0, 0.05) is 6.07 Å². The Morgan fingerprint density at radius 2 is 1.65 bits per heavy atom. The van der Waals surface area contributed by atoms with Gasteiger partial charge in [-0.05, 0) is 41.6 Å². The van der Waals surface area contributed by atoms with Crippen molar-refractivity contribution in [1.29, 1.82) is 0 Å². The molecule has 290 valence electrons. The third-order valence-electron chi connectivity index (χ3n) is 8.14. The summed E-state index contributed by atoms with van der Waals surface area (Å²) in [4.78, 5) is 48.2. The lowest BCUT2D eigenvalue weighted by molar-refractivity contribution is -0.765. The summed E-state index contributed by atoms with van der Waals surface area (Å²) >= 11 is 3.18. The second-order valence-electron chi connectivity index (χ2n) is 11.4. The molecule has 0 bridgehead atoms. The van der Waals surface area contributed by atoms with Crippen LogP contribution in [0.25, 0.3) is 11.2 Å². The number of carbonyl (C=O) groups is 1. The molecule has 1 amide bonds. The molecule has 0 aliphatic carbocycles. The molecule has 5 heterocycles. The number of nitrogen functional groups attached to an aromatic ring is 1. The fourth-order valence-electron chi connectivity index (χ4n) is 5.29. The van der Waals surface area contributed by atoms with E-state index in [9.17, 15) is 44.1 Å². The molecule has 0 spiro atoms. The zero-order valence-electron chi connectivity index (χ0n) is 28.1. The van der Waals surface area contributed by atoms with Gasteiger partial charge in [0.25, 0.3) is 20.0 Å². The highest BCUT2D eigenvalue weighted by Crippen LogP contribution is 2.58. The number of nitrogens with zero attached hydrogens (tertiary/aromatic N) is 6. The van der Waals surface area contributed by atoms with Crippen LogP contribution in [0.5, 0.6) is 0 Å². The number of carbonyl (C=O) groups excluding carboxylic acids is 1. The SMILES string of the molecule is CCN(CC)CC.NC(=O)c1ccc[n+]([C@@H]2O[C@H](COP(=O)([O-])OP(=O)(O)OC[C@H]3O[C@@H](n4c(Br)nc5c(N)ncnc54)[C@H](O)[C@@H]3O)[C@@H](O)[C@H]2O)c1. The summed E-state index contributed by atoms with van der Waals surface area (Å²) in [6.45, 7) is 8.22. The van der Waals surface area contributed by atoms with E-state index < -0.39 is 83.8 Å². The van der Waals surface area contributed by atoms with Gasteiger partial charge < -0.3 is 60.6 Å². The quantitative estimate of drug-likeness (QED) is 0.0549. The molecule has 0 saturated carbocycles. The van der Waals surface area contributed by atoms with Gasteiger partial charge in [-0.3, -0.25) is 18.5 Å². The number of hydrogen-bond acceptors (Lipinski definition) is 18. The number of amides is 1. The third-order valence-corrected chi connectivity index (χ3v) is 11.3. The lowest BCUT2D eigenvalue weighted by Crippen LogP contribution is -2.46. The standard InChI is InChI=1S/C21H26BrN7O14P2.C6H15N/c22-21-27-11-16(23)25-7-26-18(11)29(21)20-15(33)13(31)10(42-20)6-40-45(37,38)43-44(35,36)39-5-9-12(30)14(32)19(41-9)28-3-1-2-8(4-28)17(24)34;1-4-7(5-2)6-3/h1-4,7,9-10,12-15,19-20,30-33H,5-6H2,(H5-,23,24,25,26,34,35,36,37,38);4-6H2,1-3H3/t9-,10-,12-,13-,14-,15-,19-,20-;/m1./s1. The summed E-state index contributed by atoms with van der Waals surface area (Å²) in [5.74, 6) is -0.753. The summed E-state index contributed by atoms with van der Waals surface area (Å²) in [5.41, 5.74) is 11.4.